The number of nitrogens with zero attached hydrogens (tertiary/aromatic N) is 2. The van der Waals surface area contributed by atoms with Crippen LogP contribution in [0.3, 0.4) is 0 Å². The number of amides is 1. The first-order valence-corrected chi connectivity index (χ1v) is 11.2. The highest BCUT2D eigenvalue weighted by molar-refractivity contribution is 7.91. The van der Waals surface area contributed by atoms with Crippen molar-refractivity contribution in [3.8, 4) is 0 Å². The number of benzene rings is 1. The standard InChI is InChI=1S/C21H21N3O4S/c25-21(23-18-13-24-8-6-14(18)7-9-24)17-11-19-15(12-22-17)10-20(28-19)29(26,27)16-4-2-1-3-5-16/h1-5,10-12,14,18H,6-9,13H2,(H,23,25). The molecule has 7 nitrogen and oxygen atoms in total. The Labute approximate surface area is 168 Å². The number of hydrogen-bond donors (Lipinski definition) is 1. The fourth-order valence-corrected chi connectivity index (χ4v) is 5.48. The van der Waals surface area contributed by atoms with Crippen molar-refractivity contribution in [1.82, 2.24) is 15.2 Å². The molecule has 3 fully saturated rings. The van der Waals surface area contributed by atoms with Gasteiger partial charge in [0.2, 0.25) is 14.9 Å². The Morgan fingerprint density at radius 3 is 2.59 bits per heavy atom. The van der Waals surface area contributed by atoms with E-state index in [1.54, 1.807) is 18.2 Å². The molecule has 3 aliphatic heterocycles. The van der Waals surface area contributed by atoms with Crippen LogP contribution in [0.15, 0.2) is 63.1 Å². The topological polar surface area (TPSA) is 92.5 Å². The van der Waals surface area contributed by atoms with E-state index in [-0.39, 0.29) is 27.6 Å². The average molecular weight is 411 g/mol. The maximum absolute atomic E-state index is 12.8. The zero-order chi connectivity index (χ0) is 20.0. The van der Waals surface area contributed by atoms with Gasteiger partial charge >= 0.3 is 0 Å². The molecule has 3 aromatic rings. The van der Waals surface area contributed by atoms with Crippen molar-refractivity contribution < 1.29 is 17.6 Å². The molecule has 3 saturated heterocycles. The van der Waals surface area contributed by atoms with Crippen LogP contribution >= 0.6 is 0 Å². The fourth-order valence-electron chi connectivity index (χ4n) is 4.25. The van der Waals surface area contributed by atoms with E-state index < -0.39 is 9.84 Å². The summed E-state index contributed by atoms with van der Waals surface area (Å²) < 4.78 is 31.1. The Balaban J connectivity index is 1.40. The van der Waals surface area contributed by atoms with Crippen molar-refractivity contribution in [2.24, 2.45) is 5.92 Å². The van der Waals surface area contributed by atoms with Gasteiger partial charge in [-0.25, -0.2) is 8.42 Å². The molecule has 1 atom stereocenters. The van der Waals surface area contributed by atoms with E-state index in [2.05, 4.69) is 15.2 Å². The zero-order valence-electron chi connectivity index (χ0n) is 15.7. The van der Waals surface area contributed by atoms with Gasteiger partial charge in [-0.05, 0) is 44.0 Å². The molecule has 8 heteroatoms. The summed E-state index contributed by atoms with van der Waals surface area (Å²) in [6.45, 7) is 3.08. The Hall–Kier alpha value is -2.71. The third-order valence-electron chi connectivity index (χ3n) is 5.90. The molecule has 5 heterocycles. The normalized spacial score (nSPS) is 23.9. The largest absolute Gasteiger partial charge is 0.444 e. The minimum Gasteiger partial charge on any atom is -0.444 e. The number of aromatic nitrogens is 1. The molecule has 0 aliphatic carbocycles. The summed E-state index contributed by atoms with van der Waals surface area (Å²) in [5.74, 6) is 0.258. The number of fused-ring (bicyclic) bond motifs is 4. The smallest absolute Gasteiger partial charge is 0.270 e. The predicted molar refractivity (Wildman–Crippen MR) is 106 cm³/mol. The summed E-state index contributed by atoms with van der Waals surface area (Å²) in [5.41, 5.74) is 0.556. The van der Waals surface area contributed by atoms with E-state index in [1.165, 1.54) is 30.5 Å². The number of rotatable bonds is 4. The Morgan fingerprint density at radius 2 is 1.90 bits per heavy atom. The quantitative estimate of drug-likeness (QED) is 0.709. The van der Waals surface area contributed by atoms with Gasteiger partial charge in [-0.2, -0.15) is 0 Å². The summed E-state index contributed by atoms with van der Waals surface area (Å²) in [4.78, 5) is 19.5. The second-order valence-electron chi connectivity index (χ2n) is 7.71. The second kappa shape index (κ2) is 6.96. The molecule has 0 spiro atoms. The van der Waals surface area contributed by atoms with Gasteiger partial charge in [-0.15, -0.1) is 0 Å². The molecule has 2 aromatic heterocycles. The fraction of sp³-hybridized carbons (Fsp3) is 0.333. The lowest BCUT2D eigenvalue weighted by atomic mass is 9.84. The van der Waals surface area contributed by atoms with Crippen molar-refractivity contribution >= 4 is 26.7 Å². The third kappa shape index (κ3) is 3.32. The molecule has 150 valence electrons. The maximum Gasteiger partial charge on any atom is 0.270 e. The molecule has 0 radical (unpaired) electrons. The maximum atomic E-state index is 12.8. The molecular formula is C21H21N3O4S. The van der Waals surface area contributed by atoms with Crippen LogP contribution in [0.1, 0.15) is 23.3 Å². The van der Waals surface area contributed by atoms with Gasteiger partial charge in [0.15, 0.2) is 0 Å². The van der Waals surface area contributed by atoms with Gasteiger partial charge in [0.25, 0.3) is 5.91 Å². The summed E-state index contributed by atoms with van der Waals surface area (Å²) in [7, 11) is -3.76. The molecule has 6 rings (SSSR count). The number of piperidine rings is 3. The molecule has 29 heavy (non-hydrogen) atoms. The molecule has 1 unspecified atom stereocenters. The van der Waals surface area contributed by atoms with Gasteiger partial charge in [0.1, 0.15) is 11.3 Å². The summed E-state index contributed by atoms with van der Waals surface area (Å²) >= 11 is 0. The minimum absolute atomic E-state index is 0.133. The van der Waals surface area contributed by atoms with Crippen molar-refractivity contribution in [2.45, 2.75) is 28.9 Å². The first kappa shape index (κ1) is 18.3. The Morgan fingerprint density at radius 1 is 1.14 bits per heavy atom. The molecule has 1 amide bonds. The molecular weight excluding hydrogens is 390 g/mol. The van der Waals surface area contributed by atoms with Crippen LogP contribution in [0.25, 0.3) is 11.0 Å². The molecule has 3 aliphatic rings. The first-order valence-electron chi connectivity index (χ1n) is 9.74. The van der Waals surface area contributed by atoms with Crippen LogP contribution in [-0.2, 0) is 9.84 Å². The van der Waals surface area contributed by atoms with Gasteiger partial charge in [-0.1, -0.05) is 18.2 Å². The lowest BCUT2D eigenvalue weighted by molar-refractivity contribution is 0.0618. The van der Waals surface area contributed by atoms with Crippen LogP contribution in [0, 0.1) is 5.92 Å². The van der Waals surface area contributed by atoms with Gasteiger partial charge in [-0.3, -0.25) is 9.78 Å². The highest BCUT2D eigenvalue weighted by Gasteiger charge is 2.35. The average Bonchev–Trinajstić information content (AvgIpc) is 3.19. The van der Waals surface area contributed by atoms with Crippen LogP contribution in [0.2, 0.25) is 0 Å². The lowest BCUT2D eigenvalue weighted by Crippen LogP contribution is -2.57. The van der Waals surface area contributed by atoms with E-state index in [9.17, 15) is 13.2 Å². The molecule has 0 saturated carbocycles. The number of pyridine rings is 1. The number of nitrogens with one attached hydrogen (secondary N) is 1. The molecule has 1 aromatic carbocycles. The Kier molecular flexibility index (Phi) is 4.40. The van der Waals surface area contributed by atoms with Crippen molar-refractivity contribution in [3.63, 3.8) is 0 Å². The Bertz CT molecular complexity index is 1170. The van der Waals surface area contributed by atoms with E-state index in [0.29, 0.717) is 16.9 Å². The van der Waals surface area contributed by atoms with Crippen LogP contribution in [-0.4, -0.2) is 49.9 Å². The number of hydrogen-bond acceptors (Lipinski definition) is 6. The van der Waals surface area contributed by atoms with Crippen molar-refractivity contribution in [3.05, 3.63) is 54.4 Å². The first-order chi connectivity index (χ1) is 14.0. The van der Waals surface area contributed by atoms with E-state index in [1.807, 2.05) is 0 Å². The van der Waals surface area contributed by atoms with Crippen molar-refractivity contribution in [1.29, 1.82) is 0 Å². The highest BCUT2D eigenvalue weighted by Crippen LogP contribution is 2.29. The van der Waals surface area contributed by atoms with Gasteiger partial charge < -0.3 is 14.6 Å². The number of carbonyl (C=O) groups excluding carboxylic acids is 1. The minimum atomic E-state index is -3.76. The second-order valence-corrected chi connectivity index (χ2v) is 9.59. The number of furan rings is 1. The predicted octanol–water partition coefficient (Wildman–Crippen LogP) is 2.48. The number of sulfone groups is 1. The molecule has 1 N–H and O–H groups in total. The highest BCUT2D eigenvalue weighted by atomic mass is 32.2. The van der Waals surface area contributed by atoms with E-state index in [4.69, 9.17) is 4.42 Å². The summed E-state index contributed by atoms with van der Waals surface area (Å²) in [6, 6.07) is 11.2. The SMILES string of the molecule is O=C(NC1CN2CCC1CC2)c1cc2oc(S(=O)(=O)c3ccccc3)cc2cn1. The molecule has 2 bridgehead atoms. The van der Waals surface area contributed by atoms with E-state index >= 15 is 0 Å². The third-order valence-corrected chi connectivity index (χ3v) is 7.53. The van der Waals surface area contributed by atoms with Crippen LogP contribution < -0.4 is 5.32 Å². The monoisotopic (exact) mass is 411 g/mol. The van der Waals surface area contributed by atoms with Gasteiger partial charge in [0, 0.05) is 36.3 Å². The number of carbonyl (C=O) groups is 1. The van der Waals surface area contributed by atoms with Gasteiger partial charge in [0.05, 0.1) is 4.90 Å². The van der Waals surface area contributed by atoms with Crippen molar-refractivity contribution in [2.75, 3.05) is 19.6 Å². The summed E-state index contributed by atoms with van der Waals surface area (Å²) in [5, 5.41) is 3.47. The lowest BCUT2D eigenvalue weighted by Gasteiger charge is -2.44. The zero-order valence-corrected chi connectivity index (χ0v) is 16.6. The van der Waals surface area contributed by atoms with E-state index in [0.717, 1.165) is 32.5 Å². The van der Waals surface area contributed by atoms with Crippen LogP contribution in [0.5, 0.6) is 0 Å². The van der Waals surface area contributed by atoms with Crippen LogP contribution in [0.4, 0.5) is 0 Å². The summed E-state index contributed by atoms with van der Waals surface area (Å²) in [6.07, 6.45) is 3.70.